The van der Waals surface area contributed by atoms with Gasteiger partial charge in [0.15, 0.2) is 0 Å². The van der Waals surface area contributed by atoms with E-state index in [1.165, 1.54) is 0 Å². The number of hydrogen-bond donors (Lipinski definition) is 1. The van der Waals surface area contributed by atoms with Crippen LogP contribution in [-0.4, -0.2) is 12.0 Å². The maximum absolute atomic E-state index is 6.22. The minimum atomic E-state index is 0.0611. The second-order valence-corrected chi connectivity index (χ2v) is 5.78. The average molecular weight is 287 g/mol. The van der Waals surface area contributed by atoms with E-state index in [0.29, 0.717) is 10.0 Å². The molecule has 0 spiro atoms. The fraction of sp³-hybridized carbons (Fsp3) is 0.250. The minimum absolute atomic E-state index is 0.0611. The number of nitrogens with one attached hydrogen (secondary N) is 1. The molecule has 0 saturated carbocycles. The van der Waals surface area contributed by atoms with Gasteiger partial charge in [0.25, 0.3) is 0 Å². The summed E-state index contributed by atoms with van der Waals surface area (Å²) >= 11 is 13.8. The monoisotopic (exact) mass is 286 g/mol. The van der Waals surface area contributed by atoms with Gasteiger partial charge in [-0.25, -0.2) is 4.98 Å². The van der Waals surface area contributed by atoms with Crippen molar-refractivity contribution in [2.75, 3.05) is 7.05 Å². The lowest BCUT2D eigenvalue weighted by Gasteiger charge is -2.16. The Morgan fingerprint density at radius 3 is 2.65 bits per heavy atom. The van der Waals surface area contributed by atoms with Crippen LogP contribution in [-0.2, 0) is 0 Å². The number of benzene rings is 1. The van der Waals surface area contributed by atoms with Crippen LogP contribution in [0, 0.1) is 6.92 Å². The first-order chi connectivity index (χ1) is 8.11. The minimum Gasteiger partial charge on any atom is -0.309 e. The molecule has 0 amide bonds. The summed E-state index contributed by atoms with van der Waals surface area (Å²) < 4.78 is 0. The molecule has 1 N–H and O–H groups in total. The van der Waals surface area contributed by atoms with Crippen molar-refractivity contribution in [3.8, 4) is 0 Å². The SMILES string of the molecule is CNC(c1cnc(C)s1)c1ccc(Cl)cc1Cl. The van der Waals surface area contributed by atoms with Crippen LogP contribution in [0.25, 0.3) is 0 Å². The first-order valence-electron chi connectivity index (χ1n) is 5.16. The summed E-state index contributed by atoms with van der Waals surface area (Å²) in [7, 11) is 1.91. The van der Waals surface area contributed by atoms with Gasteiger partial charge < -0.3 is 5.32 Å². The van der Waals surface area contributed by atoms with Crippen LogP contribution < -0.4 is 5.32 Å². The highest BCUT2D eigenvalue weighted by Crippen LogP contribution is 2.32. The van der Waals surface area contributed by atoms with Gasteiger partial charge >= 0.3 is 0 Å². The van der Waals surface area contributed by atoms with Crippen molar-refractivity contribution in [3.63, 3.8) is 0 Å². The molecule has 90 valence electrons. The number of hydrogen-bond acceptors (Lipinski definition) is 3. The molecule has 1 atom stereocenters. The fourth-order valence-corrected chi connectivity index (χ4v) is 3.13. The van der Waals surface area contributed by atoms with Gasteiger partial charge in [-0.2, -0.15) is 0 Å². The summed E-state index contributed by atoms with van der Waals surface area (Å²) in [6.45, 7) is 1.99. The third kappa shape index (κ3) is 2.80. The lowest BCUT2D eigenvalue weighted by atomic mass is 10.1. The van der Waals surface area contributed by atoms with Crippen molar-refractivity contribution in [3.05, 3.63) is 49.9 Å². The van der Waals surface area contributed by atoms with Gasteiger partial charge in [0.05, 0.1) is 11.0 Å². The Balaban J connectivity index is 2.42. The highest BCUT2D eigenvalue weighted by Gasteiger charge is 2.17. The van der Waals surface area contributed by atoms with Crippen LogP contribution >= 0.6 is 34.5 Å². The van der Waals surface area contributed by atoms with Gasteiger partial charge in [0.1, 0.15) is 0 Å². The largest absolute Gasteiger partial charge is 0.309 e. The van der Waals surface area contributed by atoms with E-state index < -0.39 is 0 Å². The molecule has 1 heterocycles. The first kappa shape index (κ1) is 12.8. The Hall–Kier alpha value is -0.610. The van der Waals surface area contributed by atoms with Crippen molar-refractivity contribution >= 4 is 34.5 Å². The Morgan fingerprint density at radius 2 is 2.12 bits per heavy atom. The second kappa shape index (κ2) is 5.36. The van der Waals surface area contributed by atoms with Crippen LogP contribution in [0.5, 0.6) is 0 Å². The second-order valence-electron chi connectivity index (χ2n) is 3.67. The van der Waals surface area contributed by atoms with Crippen molar-refractivity contribution < 1.29 is 0 Å². The zero-order valence-electron chi connectivity index (χ0n) is 9.50. The molecule has 0 aliphatic rings. The number of halogens is 2. The normalized spacial score (nSPS) is 12.7. The molecule has 17 heavy (non-hydrogen) atoms. The van der Waals surface area contributed by atoms with Crippen LogP contribution in [0.1, 0.15) is 21.5 Å². The molecule has 2 nitrogen and oxygen atoms in total. The maximum atomic E-state index is 6.22. The van der Waals surface area contributed by atoms with E-state index in [1.807, 2.05) is 32.3 Å². The summed E-state index contributed by atoms with van der Waals surface area (Å²) in [5.41, 5.74) is 1.02. The maximum Gasteiger partial charge on any atom is 0.0897 e. The quantitative estimate of drug-likeness (QED) is 0.920. The Bertz CT molecular complexity index is 525. The average Bonchev–Trinajstić information content (AvgIpc) is 2.69. The third-order valence-electron chi connectivity index (χ3n) is 2.49. The van der Waals surface area contributed by atoms with E-state index in [2.05, 4.69) is 10.3 Å². The Labute approximate surface area is 115 Å². The summed E-state index contributed by atoms with van der Waals surface area (Å²) in [6.07, 6.45) is 1.88. The molecular weight excluding hydrogens is 275 g/mol. The van der Waals surface area contributed by atoms with Gasteiger partial charge in [-0.05, 0) is 31.7 Å². The molecular formula is C12H12Cl2N2S. The molecule has 5 heteroatoms. The van der Waals surface area contributed by atoms with E-state index in [0.717, 1.165) is 15.4 Å². The zero-order valence-corrected chi connectivity index (χ0v) is 11.8. The molecule has 0 aliphatic carbocycles. The number of thiazole rings is 1. The molecule has 1 unspecified atom stereocenters. The molecule has 1 aromatic carbocycles. The molecule has 0 aliphatic heterocycles. The van der Waals surface area contributed by atoms with Gasteiger partial charge in [-0.15, -0.1) is 11.3 Å². The van der Waals surface area contributed by atoms with Gasteiger partial charge in [-0.3, -0.25) is 0 Å². The molecule has 1 aromatic heterocycles. The molecule has 2 rings (SSSR count). The molecule has 0 saturated heterocycles. The van der Waals surface area contributed by atoms with Crippen LogP contribution in [0.15, 0.2) is 24.4 Å². The van der Waals surface area contributed by atoms with Gasteiger partial charge in [0.2, 0.25) is 0 Å². The van der Waals surface area contributed by atoms with Crippen LogP contribution in [0.2, 0.25) is 10.0 Å². The topological polar surface area (TPSA) is 24.9 Å². The number of aryl methyl sites for hydroxylation is 1. The van der Waals surface area contributed by atoms with E-state index in [1.54, 1.807) is 17.4 Å². The molecule has 0 fully saturated rings. The molecule has 0 radical (unpaired) electrons. The first-order valence-corrected chi connectivity index (χ1v) is 6.73. The third-order valence-corrected chi connectivity index (χ3v) is 4.03. The van der Waals surface area contributed by atoms with Gasteiger partial charge in [-0.1, -0.05) is 29.3 Å². The number of nitrogens with zero attached hydrogens (tertiary/aromatic N) is 1. The highest BCUT2D eigenvalue weighted by molar-refractivity contribution is 7.11. The molecule has 0 bridgehead atoms. The summed E-state index contributed by atoms with van der Waals surface area (Å²) in [5.74, 6) is 0. The Morgan fingerprint density at radius 1 is 1.35 bits per heavy atom. The van der Waals surface area contributed by atoms with E-state index in [-0.39, 0.29) is 6.04 Å². The number of rotatable bonds is 3. The van der Waals surface area contributed by atoms with Crippen LogP contribution in [0.4, 0.5) is 0 Å². The lowest BCUT2D eigenvalue weighted by Crippen LogP contribution is -2.16. The van der Waals surface area contributed by atoms with E-state index in [9.17, 15) is 0 Å². The Kier molecular flexibility index (Phi) is 4.05. The van der Waals surface area contributed by atoms with Crippen molar-refractivity contribution in [1.82, 2.24) is 10.3 Å². The summed E-state index contributed by atoms with van der Waals surface area (Å²) in [6, 6.07) is 5.62. The summed E-state index contributed by atoms with van der Waals surface area (Å²) in [5, 5.41) is 5.61. The van der Waals surface area contributed by atoms with Crippen molar-refractivity contribution in [1.29, 1.82) is 0 Å². The molecule has 2 aromatic rings. The standard InChI is InChI=1S/C12H12Cl2N2S/c1-7-16-6-11(17-7)12(15-2)9-4-3-8(13)5-10(9)14/h3-6,12,15H,1-2H3. The number of aromatic nitrogens is 1. The predicted octanol–water partition coefficient (Wildman–Crippen LogP) is 4.07. The van der Waals surface area contributed by atoms with Crippen molar-refractivity contribution in [2.45, 2.75) is 13.0 Å². The van der Waals surface area contributed by atoms with Crippen molar-refractivity contribution in [2.24, 2.45) is 0 Å². The predicted molar refractivity (Wildman–Crippen MR) is 74.2 cm³/mol. The van der Waals surface area contributed by atoms with Crippen LogP contribution in [0.3, 0.4) is 0 Å². The van der Waals surface area contributed by atoms with Gasteiger partial charge in [0, 0.05) is 21.1 Å². The van der Waals surface area contributed by atoms with E-state index in [4.69, 9.17) is 23.2 Å². The zero-order chi connectivity index (χ0) is 12.4. The summed E-state index contributed by atoms with van der Waals surface area (Å²) in [4.78, 5) is 5.41. The highest BCUT2D eigenvalue weighted by atomic mass is 35.5. The lowest BCUT2D eigenvalue weighted by molar-refractivity contribution is 0.702. The fourth-order valence-electron chi connectivity index (χ4n) is 1.70. The smallest absolute Gasteiger partial charge is 0.0897 e. The van der Waals surface area contributed by atoms with E-state index >= 15 is 0 Å².